The molecule has 0 amide bonds. The van der Waals surface area contributed by atoms with Crippen molar-refractivity contribution in [1.29, 1.82) is 0 Å². The Bertz CT molecular complexity index is 655. The summed E-state index contributed by atoms with van der Waals surface area (Å²) >= 11 is 0. The fourth-order valence-corrected chi connectivity index (χ4v) is 2.01. The van der Waals surface area contributed by atoms with Crippen LogP contribution >= 0.6 is 0 Å². The molecular formula is C16H15N5. The number of nitrogens with zero attached hydrogens (tertiary/aromatic N) is 4. The van der Waals surface area contributed by atoms with Crippen LogP contribution in [0, 0.1) is 0 Å². The van der Waals surface area contributed by atoms with Crippen molar-refractivity contribution in [2.45, 2.75) is 6.92 Å². The SMILES string of the molecule is CCNc1cc(-c2cncnc2)nc(-c2ccccc2)n1. The summed E-state index contributed by atoms with van der Waals surface area (Å²) in [7, 11) is 0. The third-order valence-electron chi connectivity index (χ3n) is 2.97. The van der Waals surface area contributed by atoms with Crippen molar-refractivity contribution < 1.29 is 0 Å². The highest BCUT2D eigenvalue weighted by Gasteiger charge is 2.08. The lowest BCUT2D eigenvalue weighted by molar-refractivity contribution is 1.11. The van der Waals surface area contributed by atoms with E-state index in [4.69, 9.17) is 0 Å². The molecule has 0 radical (unpaired) electrons. The topological polar surface area (TPSA) is 63.6 Å². The van der Waals surface area contributed by atoms with Gasteiger partial charge in [-0.2, -0.15) is 0 Å². The standard InChI is InChI=1S/C16H15N5/c1-2-19-15-8-14(13-9-17-11-18-10-13)20-16(21-15)12-6-4-3-5-7-12/h3-11H,2H2,1H3,(H,19,20,21). The zero-order valence-electron chi connectivity index (χ0n) is 11.7. The molecule has 0 aliphatic heterocycles. The van der Waals surface area contributed by atoms with Crippen LogP contribution in [0.15, 0.2) is 55.1 Å². The Balaban J connectivity index is 2.11. The lowest BCUT2D eigenvalue weighted by Crippen LogP contribution is -2.02. The van der Waals surface area contributed by atoms with Gasteiger partial charge in [0.2, 0.25) is 0 Å². The highest BCUT2D eigenvalue weighted by atomic mass is 15.0. The van der Waals surface area contributed by atoms with Gasteiger partial charge in [0.25, 0.3) is 0 Å². The van der Waals surface area contributed by atoms with E-state index in [1.165, 1.54) is 6.33 Å². The summed E-state index contributed by atoms with van der Waals surface area (Å²) in [6.07, 6.45) is 5.01. The zero-order valence-corrected chi connectivity index (χ0v) is 11.7. The van der Waals surface area contributed by atoms with Crippen LogP contribution in [-0.2, 0) is 0 Å². The van der Waals surface area contributed by atoms with Crippen molar-refractivity contribution in [2.75, 3.05) is 11.9 Å². The molecule has 0 bridgehead atoms. The molecule has 3 rings (SSSR count). The van der Waals surface area contributed by atoms with Crippen LogP contribution in [-0.4, -0.2) is 26.5 Å². The first-order chi connectivity index (χ1) is 10.4. The fourth-order valence-electron chi connectivity index (χ4n) is 2.01. The Kier molecular flexibility index (Phi) is 3.82. The maximum atomic E-state index is 4.63. The predicted octanol–water partition coefficient (Wildman–Crippen LogP) is 3.03. The minimum absolute atomic E-state index is 0.688. The molecule has 0 aliphatic carbocycles. The normalized spacial score (nSPS) is 10.3. The number of hydrogen-bond acceptors (Lipinski definition) is 5. The van der Waals surface area contributed by atoms with E-state index in [1.54, 1.807) is 12.4 Å². The summed E-state index contributed by atoms with van der Waals surface area (Å²) in [6.45, 7) is 2.84. The van der Waals surface area contributed by atoms with E-state index in [2.05, 4.69) is 25.3 Å². The van der Waals surface area contributed by atoms with E-state index in [1.807, 2.05) is 43.3 Å². The van der Waals surface area contributed by atoms with Crippen LogP contribution in [0.1, 0.15) is 6.92 Å². The van der Waals surface area contributed by atoms with Gasteiger partial charge in [0.05, 0.1) is 5.69 Å². The number of hydrogen-bond donors (Lipinski definition) is 1. The molecule has 1 N–H and O–H groups in total. The second kappa shape index (κ2) is 6.09. The third kappa shape index (κ3) is 3.02. The van der Waals surface area contributed by atoms with Crippen LogP contribution in [0.5, 0.6) is 0 Å². The lowest BCUT2D eigenvalue weighted by atomic mass is 10.2. The van der Waals surface area contributed by atoms with Crippen LogP contribution in [0.4, 0.5) is 5.82 Å². The van der Waals surface area contributed by atoms with Gasteiger partial charge < -0.3 is 5.32 Å². The average Bonchev–Trinajstić information content (AvgIpc) is 2.56. The highest BCUT2D eigenvalue weighted by Crippen LogP contribution is 2.23. The molecule has 5 heteroatoms. The number of aromatic nitrogens is 4. The molecule has 0 saturated heterocycles. The van der Waals surface area contributed by atoms with E-state index in [9.17, 15) is 0 Å². The van der Waals surface area contributed by atoms with Gasteiger partial charge >= 0.3 is 0 Å². The summed E-state index contributed by atoms with van der Waals surface area (Å²) in [4.78, 5) is 17.3. The molecule has 0 spiro atoms. The van der Waals surface area contributed by atoms with E-state index < -0.39 is 0 Å². The van der Waals surface area contributed by atoms with Gasteiger partial charge in [0.1, 0.15) is 12.1 Å². The molecule has 2 aromatic heterocycles. The van der Waals surface area contributed by atoms with Gasteiger partial charge in [-0.25, -0.2) is 19.9 Å². The maximum absolute atomic E-state index is 4.63. The summed E-state index contributed by atoms with van der Waals surface area (Å²) in [6, 6.07) is 11.8. The fraction of sp³-hybridized carbons (Fsp3) is 0.125. The molecule has 0 saturated carbocycles. The number of benzene rings is 1. The largest absolute Gasteiger partial charge is 0.370 e. The number of nitrogens with one attached hydrogen (secondary N) is 1. The van der Waals surface area contributed by atoms with E-state index >= 15 is 0 Å². The minimum atomic E-state index is 0.688. The summed E-state index contributed by atoms with van der Waals surface area (Å²) in [5.41, 5.74) is 2.66. The smallest absolute Gasteiger partial charge is 0.162 e. The molecule has 5 nitrogen and oxygen atoms in total. The molecule has 2 heterocycles. The van der Waals surface area contributed by atoms with Gasteiger partial charge in [0, 0.05) is 36.1 Å². The van der Waals surface area contributed by atoms with E-state index in [0.29, 0.717) is 5.82 Å². The second-order valence-corrected chi connectivity index (χ2v) is 4.49. The van der Waals surface area contributed by atoms with E-state index in [-0.39, 0.29) is 0 Å². The van der Waals surface area contributed by atoms with Crippen molar-refractivity contribution in [3.8, 4) is 22.6 Å². The van der Waals surface area contributed by atoms with Crippen LogP contribution in [0.3, 0.4) is 0 Å². The molecule has 3 aromatic rings. The summed E-state index contributed by atoms with van der Waals surface area (Å²) in [5, 5.41) is 3.24. The lowest BCUT2D eigenvalue weighted by Gasteiger charge is -2.09. The second-order valence-electron chi connectivity index (χ2n) is 4.49. The van der Waals surface area contributed by atoms with Crippen LogP contribution in [0.25, 0.3) is 22.6 Å². The Hall–Kier alpha value is -2.82. The Morgan fingerprint density at radius 2 is 1.71 bits per heavy atom. The van der Waals surface area contributed by atoms with Crippen molar-refractivity contribution >= 4 is 5.82 Å². The Morgan fingerprint density at radius 1 is 0.952 bits per heavy atom. The first-order valence-electron chi connectivity index (χ1n) is 6.80. The van der Waals surface area contributed by atoms with Gasteiger partial charge in [-0.1, -0.05) is 30.3 Å². The summed E-state index contributed by atoms with van der Waals surface area (Å²) < 4.78 is 0. The maximum Gasteiger partial charge on any atom is 0.162 e. The first-order valence-corrected chi connectivity index (χ1v) is 6.80. The first kappa shape index (κ1) is 13.2. The van der Waals surface area contributed by atoms with Crippen molar-refractivity contribution in [3.05, 3.63) is 55.1 Å². The molecular weight excluding hydrogens is 262 g/mol. The van der Waals surface area contributed by atoms with Gasteiger partial charge in [-0.15, -0.1) is 0 Å². The quantitative estimate of drug-likeness (QED) is 0.794. The molecule has 0 atom stereocenters. The number of rotatable bonds is 4. The highest BCUT2D eigenvalue weighted by molar-refractivity contribution is 5.66. The van der Waals surface area contributed by atoms with Gasteiger partial charge in [-0.3, -0.25) is 0 Å². The molecule has 0 fully saturated rings. The molecule has 0 unspecified atom stereocenters. The van der Waals surface area contributed by atoms with Crippen LogP contribution < -0.4 is 5.32 Å². The van der Waals surface area contributed by atoms with E-state index in [0.717, 1.165) is 29.2 Å². The average molecular weight is 277 g/mol. The third-order valence-corrected chi connectivity index (χ3v) is 2.97. The summed E-state index contributed by atoms with van der Waals surface area (Å²) in [5.74, 6) is 1.48. The van der Waals surface area contributed by atoms with Crippen molar-refractivity contribution in [3.63, 3.8) is 0 Å². The Labute approximate surface area is 123 Å². The van der Waals surface area contributed by atoms with Crippen molar-refractivity contribution in [1.82, 2.24) is 19.9 Å². The van der Waals surface area contributed by atoms with Crippen LogP contribution in [0.2, 0.25) is 0 Å². The minimum Gasteiger partial charge on any atom is -0.370 e. The molecule has 0 aliphatic rings. The monoisotopic (exact) mass is 277 g/mol. The van der Waals surface area contributed by atoms with Gasteiger partial charge in [-0.05, 0) is 6.92 Å². The van der Waals surface area contributed by atoms with Gasteiger partial charge in [0.15, 0.2) is 5.82 Å². The molecule has 1 aromatic carbocycles. The Morgan fingerprint density at radius 3 is 2.43 bits per heavy atom. The van der Waals surface area contributed by atoms with Crippen molar-refractivity contribution in [2.24, 2.45) is 0 Å². The molecule has 21 heavy (non-hydrogen) atoms. The predicted molar refractivity (Wildman–Crippen MR) is 82.7 cm³/mol. The zero-order chi connectivity index (χ0) is 14.5. The molecule has 104 valence electrons. The number of anilines is 1.